The summed E-state index contributed by atoms with van der Waals surface area (Å²) < 4.78 is 10.8. The minimum absolute atomic E-state index is 0.00793. The largest absolute Gasteiger partial charge is 0.454 e. The third-order valence-corrected chi connectivity index (χ3v) is 6.20. The minimum Gasteiger partial charge on any atom is -0.454 e. The number of aromatic nitrogens is 3. The summed E-state index contributed by atoms with van der Waals surface area (Å²) in [6.07, 6.45) is 7.40. The molecule has 7 heteroatoms. The molecule has 1 saturated heterocycles. The Balaban J connectivity index is 1.46. The molecule has 2 aliphatic heterocycles. The van der Waals surface area contributed by atoms with E-state index in [0.717, 1.165) is 42.0 Å². The number of likely N-dealkylation sites (tertiary alicyclic amines) is 1. The molecule has 170 valence electrons. The number of carbonyl (C=O) groups is 1. The fraction of sp³-hybridized carbons (Fsp3) is 0.385. The first kappa shape index (κ1) is 21.4. The molecule has 0 bridgehead atoms. The molecule has 4 heterocycles. The molecular weight excluding hydrogens is 416 g/mol. The third-order valence-electron chi connectivity index (χ3n) is 6.20. The Morgan fingerprint density at radius 2 is 1.88 bits per heavy atom. The van der Waals surface area contributed by atoms with Crippen molar-refractivity contribution in [2.75, 3.05) is 19.9 Å². The monoisotopic (exact) mass is 444 g/mol. The van der Waals surface area contributed by atoms with Crippen molar-refractivity contribution < 1.29 is 14.3 Å². The highest BCUT2D eigenvalue weighted by Crippen LogP contribution is 2.36. The van der Waals surface area contributed by atoms with Crippen molar-refractivity contribution in [2.24, 2.45) is 0 Å². The molecule has 1 amide bonds. The van der Waals surface area contributed by atoms with E-state index in [-0.39, 0.29) is 24.0 Å². The van der Waals surface area contributed by atoms with Crippen molar-refractivity contribution >= 4 is 5.91 Å². The van der Waals surface area contributed by atoms with Crippen LogP contribution in [0.15, 0.2) is 48.9 Å². The quantitative estimate of drug-likeness (QED) is 0.588. The van der Waals surface area contributed by atoms with Crippen LogP contribution in [0.5, 0.6) is 11.5 Å². The lowest BCUT2D eigenvalue weighted by atomic mass is 9.88. The van der Waals surface area contributed by atoms with Crippen LogP contribution in [-0.2, 0) is 5.41 Å². The zero-order chi connectivity index (χ0) is 23.0. The van der Waals surface area contributed by atoms with Gasteiger partial charge in [-0.15, -0.1) is 0 Å². The van der Waals surface area contributed by atoms with Gasteiger partial charge in [-0.2, -0.15) is 0 Å². The van der Waals surface area contributed by atoms with Gasteiger partial charge in [-0.25, -0.2) is 9.97 Å². The molecular formula is C26H28N4O3. The van der Waals surface area contributed by atoms with E-state index in [1.165, 1.54) is 0 Å². The van der Waals surface area contributed by atoms with Crippen molar-refractivity contribution in [2.45, 2.75) is 44.9 Å². The molecule has 0 N–H and O–H groups in total. The van der Waals surface area contributed by atoms with E-state index in [1.807, 2.05) is 29.3 Å². The van der Waals surface area contributed by atoms with Crippen LogP contribution in [0.3, 0.4) is 0 Å². The molecule has 1 atom stereocenters. The summed E-state index contributed by atoms with van der Waals surface area (Å²) in [5, 5.41) is 0. The standard InChI is InChI=1S/C26H28N4O3/c1-26(2,3)25-28-14-20(17-8-10-27-11-9-17)23(29-25)19-5-4-12-30(15-19)24(31)18-6-7-21-22(13-18)33-16-32-21/h6-11,13-14,19H,4-5,12,15-16H2,1-3H3. The number of rotatable bonds is 3. The first-order valence-corrected chi connectivity index (χ1v) is 11.4. The van der Waals surface area contributed by atoms with Gasteiger partial charge >= 0.3 is 0 Å². The highest BCUT2D eigenvalue weighted by Gasteiger charge is 2.30. The molecule has 0 radical (unpaired) electrons. The maximum absolute atomic E-state index is 13.3. The first-order valence-electron chi connectivity index (χ1n) is 11.4. The Kier molecular flexibility index (Phi) is 5.48. The number of piperidine rings is 1. The number of carbonyl (C=O) groups excluding carboxylic acids is 1. The van der Waals surface area contributed by atoms with Gasteiger partial charge in [-0.05, 0) is 48.7 Å². The van der Waals surface area contributed by atoms with Gasteiger partial charge in [0.05, 0.1) is 5.69 Å². The number of amides is 1. The third kappa shape index (κ3) is 4.27. The molecule has 1 aromatic carbocycles. The molecule has 3 aromatic rings. The van der Waals surface area contributed by atoms with Gasteiger partial charge in [0, 0.05) is 54.1 Å². The summed E-state index contributed by atoms with van der Waals surface area (Å²) in [4.78, 5) is 29.2. The Morgan fingerprint density at radius 3 is 2.67 bits per heavy atom. The summed E-state index contributed by atoms with van der Waals surface area (Å²) in [5.74, 6) is 2.26. The summed E-state index contributed by atoms with van der Waals surface area (Å²) in [6, 6.07) is 9.36. The Bertz CT molecular complexity index is 1170. The van der Waals surface area contributed by atoms with Crippen LogP contribution in [-0.4, -0.2) is 45.6 Å². The summed E-state index contributed by atoms with van der Waals surface area (Å²) in [6.45, 7) is 7.90. The second-order valence-electron chi connectivity index (χ2n) is 9.64. The smallest absolute Gasteiger partial charge is 0.254 e. The summed E-state index contributed by atoms with van der Waals surface area (Å²) in [7, 11) is 0. The van der Waals surface area contributed by atoms with Gasteiger partial charge in [0.1, 0.15) is 5.82 Å². The second-order valence-corrected chi connectivity index (χ2v) is 9.64. The lowest BCUT2D eigenvalue weighted by molar-refractivity contribution is 0.0705. The fourth-order valence-electron chi connectivity index (χ4n) is 4.42. The number of benzene rings is 1. The maximum atomic E-state index is 13.3. The number of fused-ring (bicyclic) bond motifs is 1. The molecule has 2 aromatic heterocycles. The first-order chi connectivity index (χ1) is 15.9. The van der Waals surface area contributed by atoms with Crippen molar-refractivity contribution in [3.05, 3.63) is 66.0 Å². The van der Waals surface area contributed by atoms with Crippen molar-refractivity contribution in [3.63, 3.8) is 0 Å². The van der Waals surface area contributed by atoms with Gasteiger partial charge < -0.3 is 14.4 Å². The van der Waals surface area contributed by atoms with Gasteiger partial charge in [-0.3, -0.25) is 9.78 Å². The summed E-state index contributed by atoms with van der Waals surface area (Å²) in [5.41, 5.74) is 3.51. The highest BCUT2D eigenvalue weighted by atomic mass is 16.7. The summed E-state index contributed by atoms with van der Waals surface area (Å²) >= 11 is 0. The Hall–Kier alpha value is -3.48. The molecule has 33 heavy (non-hydrogen) atoms. The molecule has 0 aliphatic carbocycles. The van der Waals surface area contributed by atoms with E-state index in [2.05, 4.69) is 30.7 Å². The number of nitrogens with zero attached hydrogens (tertiary/aromatic N) is 4. The van der Waals surface area contributed by atoms with Crippen LogP contribution in [0.1, 0.15) is 61.4 Å². The molecule has 0 saturated carbocycles. The maximum Gasteiger partial charge on any atom is 0.254 e. The number of hydrogen-bond donors (Lipinski definition) is 0. The van der Waals surface area contributed by atoms with Gasteiger partial charge in [0.15, 0.2) is 11.5 Å². The number of hydrogen-bond acceptors (Lipinski definition) is 6. The number of pyridine rings is 1. The van der Waals surface area contributed by atoms with E-state index in [0.29, 0.717) is 23.6 Å². The van der Waals surface area contributed by atoms with E-state index >= 15 is 0 Å². The lowest BCUT2D eigenvalue weighted by Gasteiger charge is -2.34. The van der Waals surface area contributed by atoms with Crippen molar-refractivity contribution in [1.82, 2.24) is 19.9 Å². The minimum atomic E-state index is -0.164. The molecule has 5 rings (SSSR count). The lowest BCUT2D eigenvalue weighted by Crippen LogP contribution is -2.39. The fourth-order valence-corrected chi connectivity index (χ4v) is 4.42. The Labute approximate surface area is 193 Å². The van der Waals surface area contributed by atoms with Gasteiger partial charge in [0.25, 0.3) is 5.91 Å². The van der Waals surface area contributed by atoms with E-state index in [9.17, 15) is 4.79 Å². The predicted molar refractivity (Wildman–Crippen MR) is 124 cm³/mol. The van der Waals surface area contributed by atoms with Crippen LogP contribution in [0, 0.1) is 0 Å². The van der Waals surface area contributed by atoms with Gasteiger partial charge in [-0.1, -0.05) is 20.8 Å². The Morgan fingerprint density at radius 1 is 1.09 bits per heavy atom. The molecule has 1 fully saturated rings. The van der Waals surface area contributed by atoms with Crippen molar-refractivity contribution in [1.29, 1.82) is 0 Å². The number of ether oxygens (including phenoxy) is 2. The highest BCUT2D eigenvalue weighted by molar-refractivity contribution is 5.95. The van der Waals surface area contributed by atoms with E-state index < -0.39 is 0 Å². The average Bonchev–Trinajstić information content (AvgIpc) is 3.31. The topological polar surface area (TPSA) is 77.4 Å². The SMILES string of the molecule is CC(C)(C)c1ncc(-c2ccncc2)c(C2CCCN(C(=O)c3ccc4c(c3)OCO4)C2)n1. The zero-order valence-corrected chi connectivity index (χ0v) is 19.2. The van der Waals surface area contributed by atoms with Crippen LogP contribution in [0.25, 0.3) is 11.1 Å². The van der Waals surface area contributed by atoms with Crippen LogP contribution >= 0.6 is 0 Å². The molecule has 2 aliphatic rings. The normalized spacial score (nSPS) is 17.8. The van der Waals surface area contributed by atoms with E-state index in [1.54, 1.807) is 24.5 Å². The molecule has 1 unspecified atom stereocenters. The van der Waals surface area contributed by atoms with Gasteiger partial charge in [0.2, 0.25) is 6.79 Å². The molecule has 0 spiro atoms. The van der Waals surface area contributed by atoms with E-state index in [4.69, 9.17) is 14.5 Å². The molecule has 7 nitrogen and oxygen atoms in total. The van der Waals surface area contributed by atoms with Crippen LogP contribution < -0.4 is 9.47 Å². The average molecular weight is 445 g/mol. The predicted octanol–water partition coefficient (Wildman–Crippen LogP) is 4.58. The van der Waals surface area contributed by atoms with Crippen LogP contribution in [0.4, 0.5) is 0 Å². The van der Waals surface area contributed by atoms with Crippen molar-refractivity contribution in [3.8, 4) is 22.6 Å². The second kappa shape index (κ2) is 8.46. The zero-order valence-electron chi connectivity index (χ0n) is 19.2. The van der Waals surface area contributed by atoms with Crippen LogP contribution in [0.2, 0.25) is 0 Å².